The molecule has 4 aromatic rings. The lowest BCUT2D eigenvalue weighted by Crippen LogP contribution is -2.33. The Bertz CT molecular complexity index is 982. The smallest absolute Gasteiger partial charge is 0.288 e. The number of aromatic nitrogens is 3. The van der Waals surface area contributed by atoms with E-state index in [1.54, 1.807) is 6.07 Å². The second kappa shape index (κ2) is 6.09. The Morgan fingerprint density at radius 3 is 2.00 bits per heavy atom. The van der Waals surface area contributed by atoms with Gasteiger partial charge in [-0.3, -0.25) is 0 Å². The van der Waals surface area contributed by atoms with Crippen molar-refractivity contribution in [1.82, 2.24) is 10.1 Å². The first-order chi connectivity index (χ1) is 12.2. The summed E-state index contributed by atoms with van der Waals surface area (Å²) in [6.45, 7) is 0. The molecule has 0 spiro atoms. The highest BCUT2D eigenvalue weighted by molar-refractivity contribution is 5.83. The largest absolute Gasteiger partial charge is 0.594 e. The van der Waals surface area contributed by atoms with Crippen molar-refractivity contribution in [3.63, 3.8) is 0 Å². The molecule has 6 nitrogen and oxygen atoms in total. The Labute approximate surface area is 144 Å². The molecule has 0 unspecified atom stereocenters. The molecule has 0 aliphatic carbocycles. The van der Waals surface area contributed by atoms with Gasteiger partial charge in [0, 0.05) is 23.1 Å². The van der Waals surface area contributed by atoms with Gasteiger partial charge in [-0.2, -0.15) is 0 Å². The van der Waals surface area contributed by atoms with Gasteiger partial charge in [0.15, 0.2) is 0 Å². The van der Waals surface area contributed by atoms with Crippen molar-refractivity contribution in [3.8, 4) is 0 Å². The summed E-state index contributed by atoms with van der Waals surface area (Å²) >= 11 is 0. The van der Waals surface area contributed by atoms with Crippen LogP contribution in [0.1, 0.15) is 0 Å². The highest BCUT2D eigenvalue weighted by atomic mass is 16.5. The van der Waals surface area contributed by atoms with Crippen molar-refractivity contribution in [3.05, 3.63) is 84.1 Å². The van der Waals surface area contributed by atoms with Crippen LogP contribution in [0.5, 0.6) is 0 Å². The first-order valence-corrected chi connectivity index (χ1v) is 7.80. The molecule has 3 aromatic carbocycles. The first kappa shape index (κ1) is 14.9. The molecule has 1 aromatic heterocycles. The van der Waals surface area contributed by atoms with Crippen LogP contribution in [0.25, 0.3) is 11.0 Å². The SMILES string of the molecule is Nc1nc2cc(N(c3ccccc3)c3ccccc3)ccc2[n+]([O-])n1. The zero-order valence-corrected chi connectivity index (χ0v) is 13.3. The second-order valence-corrected chi connectivity index (χ2v) is 5.52. The van der Waals surface area contributed by atoms with Crippen molar-refractivity contribution in [1.29, 1.82) is 0 Å². The summed E-state index contributed by atoms with van der Waals surface area (Å²) in [5.41, 5.74) is 9.37. The number of para-hydroxylation sites is 2. The van der Waals surface area contributed by atoms with Crippen LogP contribution in [0.15, 0.2) is 78.9 Å². The van der Waals surface area contributed by atoms with Crippen LogP contribution in [0.3, 0.4) is 0 Å². The molecule has 0 bridgehead atoms. The van der Waals surface area contributed by atoms with Gasteiger partial charge in [-0.25, -0.2) is 4.98 Å². The average Bonchev–Trinajstić information content (AvgIpc) is 2.63. The van der Waals surface area contributed by atoms with Crippen LogP contribution in [0.2, 0.25) is 0 Å². The molecule has 0 aliphatic heterocycles. The Morgan fingerprint density at radius 2 is 1.40 bits per heavy atom. The minimum absolute atomic E-state index is 0.0503. The summed E-state index contributed by atoms with van der Waals surface area (Å²) in [5, 5.41) is 15.5. The fraction of sp³-hybridized carbons (Fsp3) is 0. The molecule has 1 heterocycles. The van der Waals surface area contributed by atoms with E-state index in [9.17, 15) is 5.21 Å². The molecule has 0 fully saturated rings. The third kappa shape index (κ3) is 2.81. The summed E-state index contributed by atoms with van der Waals surface area (Å²) in [6, 6.07) is 25.4. The molecule has 0 radical (unpaired) electrons. The first-order valence-electron chi connectivity index (χ1n) is 7.80. The molecule has 122 valence electrons. The average molecular weight is 329 g/mol. The number of nitrogen functional groups attached to an aromatic ring is 1. The van der Waals surface area contributed by atoms with Gasteiger partial charge >= 0.3 is 0 Å². The maximum absolute atomic E-state index is 11.9. The molecule has 25 heavy (non-hydrogen) atoms. The van der Waals surface area contributed by atoms with Crippen molar-refractivity contribution < 1.29 is 4.85 Å². The number of hydrogen-bond acceptors (Lipinski definition) is 5. The number of anilines is 4. The van der Waals surface area contributed by atoms with E-state index in [2.05, 4.69) is 15.0 Å². The van der Waals surface area contributed by atoms with E-state index < -0.39 is 0 Å². The topological polar surface area (TPSA) is 82.0 Å². The van der Waals surface area contributed by atoms with Crippen molar-refractivity contribution in [2.75, 3.05) is 10.6 Å². The molecular formula is C19H15N5O. The predicted octanol–water partition coefficient (Wildman–Crippen LogP) is 3.32. The molecule has 4 rings (SSSR count). The fourth-order valence-electron chi connectivity index (χ4n) is 2.80. The molecule has 6 heteroatoms. The van der Waals surface area contributed by atoms with E-state index in [4.69, 9.17) is 5.73 Å². The van der Waals surface area contributed by atoms with E-state index in [0.717, 1.165) is 17.1 Å². The third-order valence-electron chi connectivity index (χ3n) is 3.88. The maximum atomic E-state index is 11.9. The highest BCUT2D eigenvalue weighted by Crippen LogP contribution is 2.34. The van der Waals surface area contributed by atoms with Gasteiger partial charge in [0.2, 0.25) is 0 Å². The van der Waals surface area contributed by atoms with Crippen LogP contribution in [-0.4, -0.2) is 10.1 Å². The standard InChI is InChI=1S/C19H15N5O/c20-19-21-17-13-16(11-12-18(17)24(25)22-19)23(14-7-3-1-4-8-14)15-9-5-2-6-10-15/h1-13H,(H2,20,21,22). The Hall–Kier alpha value is -3.67. The Kier molecular flexibility index (Phi) is 3.63. The van der Waals surface area contributed by atoms with E-state index in [0.29, 0.717) is 15.9 Å². The van der Waals surface area contributed by atoms with Crippen molar-refractivity contribution >= 4 is 34.0 Å². The summed E-state index contributed by atoms with van der Waals surface area (Å²) in [6.07, 6.45) is 0. The zero-order valence-electron chi connectivity index (χ0n) is 13.3. The van der Waals surface area contributed by atoms with Crippen LogP contribution < -0.4 is 15.5 Å². The van der Waals surface area contributed by atoms with Crippen LogP contribution in [0.4, 0.5) is 23.0 Å². The lowest BCUT2D eigenvalue weighted by Gasteiger charge is -2.25. The third-order valence-corrected chi connectivity index (χ3v) is 3.88. The molecular weight excluding hydrogens is 314 g/mol. The normalized spacial score (nSPS) is 10.7. The Balaban J connectivity index is 1.92. The number of benzene rings is 3. The fourth-order valence-corrected chi connectivity index (χ4v) is 2.80. The van der Waals surface area contributed by atoms with Crippen LogP contribution in [0, 0.1) is 5.21 Å². The van der Waals surface area contributed by atoms with E-state index in [-0.39, 0.29) is 5.95 Å². The number of nitrogens with zero attached hydrogens (tertiary/aromatic N) is 4. The monoisotopic (exact) mass is 329 g/mol. The van der Waals surface area contributed by atoms with E-state index in [1.807, 2.05) is 72.8 Å². The summed E-state index contributed by atoms with van der Waals surface area (Å²) in [5.74, 6) is -0.0503. The number of fused-ring (bicyclic) bond motifs is 1. The lowest BCUT2D eigenvalue weighted by molar-refractivity contribution is -0.641. The highest BCUT2D eigenvalue weighted by Gasteiger charge is 2.15. The van der Waals surface area contributed by atoms with Gasteiger partial charge in [0.05, 0.1) is 5.10 Å². The predicted molar refractivity (Wildman–Crippen MR) is 97.6 cm³/mol. The van der Waals surface area contributed by atoms with Gasteiger partial charge in [0.25, 0.3) is 11.5 Å². The van der Waals surface area contributed by atoms with Gasteiger partial charge in [-0.1, -0.05) is 36.4 Å². The summed E-state index contributed by atoms with van der Waals surface area (Å²) in [4.78, 5) is 6.77. The molecule has 0 amide bonds. The van der Waals surface area contributed by atoms with E-state index in [1.165, 1.54) is 0 Å². The number of nitrogens with two attached hydrogens (primary N) is 1. The quantitative estimate of drug-likeness (QED) is 0.460. The number of hydrogen-bond donors (Lipinski definition) is 1. The summed E-state index contributed by atoms with van der Waals surface area (Å²) in [7, 11) is 0. The molecule has 0 saturated carbocycles. The van der Waals surface area contributed by atoms with Gasteiger partial charge in [0.1, 0.15) is 5.52 Å². The van der Waals surface area contributed by atoms with Gasteiger partial charge in [-0.15, -0.1) is 0 Å². The number of rotatable bonds is 3. The Morgan fingerprint density at radius 1 is 0.800 bits per heavy atom. The minimum atomic E-state index is -0.0503. The van der Waals surface area contributed by atoms with Crippen LogP contribution in [-0.2, 0) is 0 Å². The van der Waals surface area contributed by atoms with Crippen molar-refractivity contribution in [2.45, 2.75) is 0 Å². The van der Waals surface area contributed by atoms with Crippen molar-refractivity contribution in [2.24, 2.45) is 0 Å². The molecule has 0 atom stereocenters. The lowest BCUT2D eigenvalue weighted by atomic mass is 10.2. The summed E-state index contributed by atoms with van der Waals surface area (Å²) < 4.78 is 0. The maximum Gasteiger partial charge on any atom is 0.288 e. The van der Waals surface area contributed by atoms with Gasteiger partial charge in [-0.05, 0) is 41.2 Å². The molecule has 0 saturated heterocycles. The second-order valence-electron chi connectivity index (χ2n) is 5.52. The molecule has 2 N–H and O–H groups in total. The molecule has 0 aliphatic rings. The van der Waals surface area contributed by atoms with Gasteiger partial charge < -0.3 is 15.8 Å². The minimum Gasteiger partial charge on any atom is -0.594 e. The zero-order chi connectivity index (χ0) is 17.2. The van der Waals surface area contributed by atoms with Crippen LogP contribution >= 0.6 is 0 Å². The van der Waals surface area contributed by atoms with E-state index >= 15 is 0 Å².